The molecule has 25 heteroatoms. The highest BCUT2D eigenvalue weighted by Crippen LogP contribution is 2.49. The first kappa shape index (κ1) is 88.7. The zero-order valence-electron chi connectivity index (χ0n) is 59.3. The maximum absolute atomic E-state index is 14.3. The van der Waals surface area contributed by atoms with Crippen molar-refractivity contribution in [3.05, 3.63) is 24.3 Å². The number of phosphoric acid groups is 1. The maximum Gasteiger partial charge on any atom is 0.472 e. The van der Waals surface area contributed by atoms with Crippen molar-refractivity contribution in [3.8, 4) is 0 Å². The van der Waals surface area contributed by atoms with E-state index < -0.39 is 156 Å². The summed E-state index contributed by atoms with van der Waals surface area (Å²) in [4.78, 5) is 50.9. The molecule has 3 fully saturated rings. The molecule has 0 radical (unpaired) electrons. The average Bonchev–Trinajstić information content (AvgIpc) is 0.770. The summed E-state index contributed by atoms with van der Waals surface area (Å²) in [6, 6.07) is 0. The molecule has 0 aromatic rings. The van der Waals surface area contributed by atoms with E-state index in [4.69, 9.17) is 42.2 Å². The van der Waals surface area contributed by atoms with Crippen molar-refractivity contribution in [1.82, 2.24) is 0 Å². The number of carbonyl (C=O) groups excluding carboxylic acids is 3. The fourth-order valence-corrected chi connectivity index (χ4v) is 13.5. The van der Waals surface area contributed by atoms with Gasteiger partial charge in [-0.05, 0) is 31.6 Å². The van der Waals surface area contributed by atoms with Crippen LogP contribution in [-0.4, -0.2) is 204 Å². The van der Waals surface area contributed by atoms with Crippen LogP contribution in [0.4, 0.5) is 0 Å². The Labute approximate surface area is 579 Å². The average molecular weight is 1410 g/mol. The van der Waals surface area contributed by atoms with E-state index in [0.29, 0.717) is 18.8 Å². The number of aliphatic hydroxyl groups excluding tert-OH is 10. The largest absolute Gasteiger partial charge is 0.472 e. The summed E-state index contributed by atoms with van der Waals surface area (Å²) in [5.74, 6) is -1.52. The lowest BCUT2D eigenvalue weighted by atomic mass is 9.84. The Morgan fingerprint density at radius 2 is 0.856 bits per heavy atom. The second-order valence-electron chi connectivity index (χ2n) is 27.4. The van der Waals surface area contributed by atoms with E-state index in [9.17, 15) is 74.9 Å². The molecule has 0 spiro atoms. The van der Waals surface area contributed by atoms with E-state index in [1.807, 2.05) is 6.08 Å². The van der Waals surface area contributed by atoms with Gasteiger partial charge in [-0.25, -0.2) is 9.36 Å². The minimum absolute atomic E-state index is 0.0404. The number of unbranched alkanes of at least 4 members (excludes halogenated alkanes) is 31. The lowest BCUT2D eigenvalue weighted by Gasteiger charge is -2.49. The van der Waals surface area contributed by atoms with Crippen molar-refractivity contribution >= 4 is 25.7 Å². The monoisotopic (exact) mass is 1410 g/mol. The zero-order valence-corrected chi connectivity index (χ0v) is 60.2. The van der Waals surface area contributed by atoms with Crippen molar-refractivity contribution in [3.63, 3.8) is 0 Å². The third kappa shape index (κ3) is 36.9. The van der Waals surface area contributed by atoms with E-state index in [-0.39, 0.29) is 12.8 Å². The van der Waals surface area contributed by atoms with Gasteiger partial charge in [-0.2, -0.15) is 0 Å². The molecule has 1 aliphatic carbocycles. The molecule has 19 atom stereocenters. The smallest absolute Gasteiger partial charge is 0.462 e. The van der Waals surface area contributed by atoms with Gasteiger partial charge in [0.15, 0.2) is 18.7 Å². The highest BCUT2D eigenvalue weighted by atomic mass is 31.2. The van der Waals surface area contributed by atoms with Gasteiger partial charge in [0.05, 0.1) is 13.2 Å². The van der Waals surface area contributed by atoms with E-state index in [1.54, 1.807) is 6.08 Å². The first-order valence-electron chi connectivity index (χ1n) is 37.6. The fraction of sp³-hybridized carbons (Fsp3) is 0.903. The number of hydrogen-bond donors (Lipinski definition) is 11. The third-order valence-corrected chi connectivity index (χ3v) is 19.7. The van der Waals surface area contributed by atoms with E-state index in [1.165, 1.54) is 141 Å². The minimum atomic E-state index is -5.70. The topological polar surface area (TPSA) is 374 Å². The van der Waals surface area contributed by atoms with Crippen LogP contribution in [0.15, 0.2) is 24.3 Å². The SMILES string of the molecule is CCCCCCCCCCCCC/C=C/C=C/C(=O)OCC1OC(OC2C(O)C(O)C(O)C(OC3OC(CO)C(O)C(O)C3O)C2OP(=O)(O)OCC(COC(=O)CCCCCCCCC(C)CCCCCCCC)OC(=O)CCCCCCCCCCCCC)C(O)C(O)C1O. The summed E-state index contributed by atoms with van der Waals surface area (Å²) >= 11 is 0. The Kier molecular flexibility index (Phi) is 48.7. The van der Waals surface area contributed by atoms with Crippen LogP contribution in [0, 0.1) is 5.92 Å². The number of hydrogen-bond acceptors (Lipinski definition) is 23. The van der Waals surface area contributed by atoms with Crippen LogP contribution in [0.25, 0.3) is 0 Å². The quantitative estimate of drug-likeness (QED) is 0.00673. The van der Waals surface area contributed by atoms with Crippen LogP contribution >= 0.6 is 7.82 Å². The van der Waals surface area contributed by atoms with Gasteiger partial charge in [-0.3, -0.25) is 18.6 Å². The second-order valence-corrected chi connectivity index (χ2v) is 28.8. The Morgan fingerprint density at radius 3 is 1.32 bits per heavy atom. The summed E-state index contributed by atoms with van der Waals surface area (Å²) in [6.45, 7) is 5.67. The van der Waals surface area contributed by atoms with Gasteiger partial charge in [0.25, 0.3) is 0 Å². The van der Waals surface area contributed by atoms with Crippen LogP contribution in [0.1, 0.15) is 278 Å². The van der Waals surface area contributed by atoms with Crippen LogP contribution in [0.2, 0.25) is 0 Å². The summed E-state index contributed by atoms with van der Waals surface area (Å²) in [6.07, 6.45) is 11.8. The molecular weight excluding hydrogens is 1280 g/mol. The molecule has 97 heavy (non-hydrogen) atoms. The van der Waals surface area contributed by atoms with Crippen molar-refractivity contribution in [1.29, 1.82) is 0 Å². The number of phosphoric ester groups is 1. The Bertz CT molecular complexity index is 2120. The Morgan fingerprint density at radius 1 is 0.454 bits per heavy atom. The summed E-state index contributed by atoms with van der Waals surface area (Å²) in [5, 5.41) is 110. The van der Waals surface area contributed by atoms with Gasteiger partial charge in [0.2, 0.25) is 0 Å². The van der Waals surface area contributed by atoms with E-state index in [2.05, 4.69) is 27.7 Å². The predicted octanol–water partition coefficient (Wildman–Crippen LogP) is 9.98. The van der Waals surface area contributed by atoms with Crippen LogP contribution in [0.5, 0.6) is 0 Å². The van der Waals surface area contributed by atoms with Gasteiger partial charge < -0.3 is 89.1 Å². The number of esters is 3. The van der Waals surface area contributed by atoms with E-state index >= 15 is 0 Å². The van der Waals surface area contributed by atoms with Crippen LogP contribution in [-0.2, 0) is 61.2 Å². The second kappa shape index (κ2) is 53.3. The van der Waals surface area contributed by atoms with Crippen molar-refractivity contribution in [2.24, 2.45) is 5.92 Å². The van der Waals surface area contributed by atoms with Gasteiger partial charge in [0, 0.05) is 18.9 Å². The molecule has 0 aromatic heterocycles. The lowest BCUT2D eigenvalue weighted by Crippen LogP contribution is -2.69. The lowest BCUT2D eigenvalue weighted by molar-refractivity contribution is -0.360. The molecular formula is C72H131O24P. The molecule has 2 saturated heterocycles. The van der Waals surface area contributed by atoms with Gasteiger partial charge in [0.1, 0.15) is 98.7 Å². The molecule has 0 amide bonds. The first-order valence-corrected chi connectivity index (χ1v) is 39.0. The molecule has 11 N–H and O–H groups in total. The molecule has 2 heterocycles. The molecule has 568 valence electrons. The number of allylic oxidation sites excluding steroid dienone is 3. The number of aliphatic hydroxyl groups is 10. The van der Waals surface area contributed by atoms with Gasteiger partial charge >= 0.3 is 25.7 Å². The normalized spacial score (nSPS) is 28.2. The van der Waals surface area contributed by atoms with Crippen molar-refractivity contribution in [2.75, 3.05) is 26.4 Å². The molecule has 19 unspecified atom stereocenters. The Balaban J connectivity index is 1.75. The van der Waals surface area contributed by atoms with Crippen molar-refractivity contribution in [2.45, 2.75) is 382 Å². The molecule has 0 aromatic carbocycles. The van der Waals surface area contributed by atoms with Crippen LogP contribution < -0.4 is 0 Å². The van der Waals surface area contributed by atoms with Gasteiger partial charge in [-0.1, -0.05) is 258 Å². The third-order valence-electron chi connectivity index (χ3n) is 18.7. The number of carbonyl (C=O) groups is 3. The van der Waals surface area contributed by atoms with E-state index in [0.717, 1.165) is 96.0 Å². The predicted molar refractivity (Wildman–Crippen MR) is 365 cm³/mol. The molecule has 24 nitrogen and oxygen atoms in total. The zero-order chi connectivity index (χ0) is 71.2. The van der Waals surface area contributed by atoms with Gasteiger partial charge in [-0.15, -0.1) is 0 Å². The first-order chi connectivity index (χ1) is 46.7. The Hall–Kier alpha value is -2.56. The highest BCUT2D eigenvalue weighted by molar-refractivity contribution is 7.47. The summed E-state index contributed by atoms with van der Waals surface area (Å²) in [7, 11) is -5.70. The van der Waals surface area contributed by atoms with Crippen LogP contribution in [0.3, 0.4) is 0 Å². The fourth-order valence-electron chi connectivity index (χ4n) is 12.5. The molecule has 2 aliphatic heterocycles. The molecule has 1 saturated carbocycles. The highest BCUT2D eigenvalue weighted by Gasteiger charge is 2.58. The number of rotatable bonds is 57. The summed E-state index contributed by atoms with van der Waals surface area (Å²) in [5.41, 5.74) is 0. The number of ether oxygens (including phenoxy) is 7. The maximum atomic E-state index is 14.3. The molecule has 3 rings (SSSR count). The summed E-state index contributed by atoms with van der Waals surface area (Å²) < 4.78 is 64.8. The molecule has 3 aliphatic rings. The molecule has 0 bridgehead atoms. The standard InChI is InChI=1S/C72H131O24P/c1-5-8-11-14-17-19-21-22-23-24-26-27-29-35-41-46-57(75)89-51-55-60(78)62(80)67(85)72(93-55)95-69-65(83)63(81)64(82)68(94-71-66(84)61(79)59(77)54(48-73)92-71)70(69)96-97(86,87)90-50-53(91-58(76)47-42-37-30-28-25-20-18-15-12-9-6-2)49-88-56(74)45-40-36-32-31-34-39-44-52(4)43-38-33-16-13-10-7-3/h29,35,41,46,52-55,59-73,77-85H,5-28,30-34,36-40,42-45,47-51H2,1-4H3,(H,86,87)/b35-29+,46-41+. The minimum Gasteiger partial charge on any atom is -0.462 e. The van der Waals surface area contributed by atoms with Crippen molar-refractivity contribution < 1.29 is 117 Å².